The molecular formula is C7H3F4O2. The Hall–Kier alpha value is -1.46. The summed E-state index contributed by atoms with van der Waals surface area (Å²) in [5.41, 5.74) is 0. The van der Waals surface area contributed by atoms with Gasteiger partial charge in [-0.05, 0) is 12.1 Å². The molecule has 0 heterocycles. The van der Waals surface area contributed by atoms with Gasteiger partial charge in [0.1, 0.15) is 0 Å². The number of halogens is 4. The Labute approximate surface area is 70.4 Å². The van der Waals surface area contributed by atoms with Gasteiger partial charge in [0.2, 0.25) is 11.5 Å². The second kappa shape index (κ2) is 3.12. The van der Waals surface area contributed by atoms with Crippen LogP contribution in [0.15, 0.2) is 18.2 Å². The highest BCUT2D eigenvalue weighted by Gasteiger charge is 2.34. The Balaban J connectivity index is 3.00. The summed E-state index contributed by atoms with van der Waals surface area (Å²) >= 11 is 0. The normalized spacial score (nSPS) is 11.4. The minimum Gasteiger partial charge on any atom is -0.398 e. The molecule has 1 rings (SSSR count). The molecule has 0 fully saturated rings. The maximum Gasteiger partial charge on any atom is 0.573 e. The topological polar surface area (TPSA) is 29.1 Å². The van der Waals surface area contributed by atoms with Crippen molar-refractivity contribution in [2.24, 2.45) is 0 Å². The summed E-state index contributed by atoms with van der Waals surface area (Å²) in [5.74, 6) is -3.79. The van der Waals surface area contributed by atoms with Crippen molar-refractivity contribution in [3.8, 4) is 11.5 Å². The van der Waals surface area contributed by atoms with E-state index in [4.69, 9.17) is 0 Å². The van der Waals surface area contributed by atoms with E-state index in [9.17, 15) is 22.7 Å². The summed E-state index contributed by atoms with van der Waals surface area (Å²) in [6.07, 6.45) is -5.05. The van der Waals surface area contributed by atoms with Crippen LogP contribution in [0.25, 0.3) is 0 Å². The van der Waals surface area contributed by atoms with E-state index in [0.717, 1.165) is 12.1 Å². The van der Waals surface area contributed by atoms with Crippen molar-refractivity contribution in [1.29, 1.82) is 0 Å². The van der Waals surface area contributed by atoms with E-state index in [1.165, 1.54) is 0 Å². The van der Waals surface area contributed by atoms with Crippen LogP contribution in [0.1, 0.15) is 0 Å². The van der Waals surface area contributed by atoms with E-state index in [-0.39, 0.29) is 0 Å². The summed E-state index contributed by atoms with van der Waals surface area (Å²) in [6, 6.07) is 2.49. The van der Waals surface area contributed by atoms with E-state index in [1.807, 2.05) is 0 Å². The molecule has 1 aromatic rings. The lowest BCUT2D eigenvalue weighted by molar-refractivity contribution is -0.276. The number of para-hydroxylation sites is 1. The average Bonchev–Trinajstić information content (AvgIpc) is 1.95. The molecule has 6 heteroatoms. The summed E-state index contributed by atoms with van der Waals surface area (Å²) < 4.78 is 50.5. The maximum atomic E-state index is 12.6. The third-order valence-corrected chi connectivity index (χ3v) is 1.15. The fourth-order valence-corrected chi connectivity index (χ4v) is 0.704. The van der Waals surface area contributed by atoms with Crippen molar-refractivity contribution in [2.45, 2.75) is 6.36 Å². The molecule has 0 amide bonds. The van der Waals surface area contributed by atoms with Gasteiger partial charge < -0.3 is 4.74 Å². The largest absolute Gasteiger partial charge is 0.573 e. The monoisotopic (exact) mass is 195 g/mol. The molecule has 71 valence electrons. The Morgan fingerprint density at radius 1 is 1.23 bits per heavy atom. The molecule has 0 aliphatic heterocycles. The summed E-state index contributed by atoms with van der Waals surface area (Å²) in [5, 5.41) is 10.7. The van der Waals surface area contributed by atoms with Crippen molar-refractivity contribution >= 4 is 0 Å². The van der Waals surface area contributed by atoms with Crippen LogP contribution in [0.5, 0.6) is 11.5 Å². The van der Waals surface area contributed by atoms with E-state index in [0.29, 0.717) is 6.07 Å². The average molecular weight is 195 g/mol. The van der Waals surface area contributed by atoms with Crippen LogP contribution in [-0.4, -0.2) is 6.36 Å². The van der Waals surface area contributed by atoms with E-state index >= 15 is 0 Å². The van der Waals surface area contributed by atoms with Crippen LogP contribution in [-0.2, 0) is 5.11 Å². The van der Waals surface area contributed by atoms with Gasteiger partial charge in [0.25, 0.3) is 0 Å². The SMILES string of the molecule is [O]c1cccc(F)c1OC(F)(F)F. The van der Waals surface area contributed by atoms with E-state index in [2.05, 4.69) is 4.74 Å². The first kappa shape index (κ1) is 9.63. The predicted octanol–water partition coefficient (Wildman–Crippen LogP) is 2.87. The first-order valence-electron chi connectivity index (χ1n) is 3.11. The number of rotatable bonds is 1. The molecule has 0 saturated carbocycles. The second-order valence-electron chi connectivity index (χ2n) is 2.11. The maximum absolute atomic E-state index is 12.6. The number of hydrogen-bond acceptors (Lipinski definition) is 1. The van der Waals surface area contributed by atoms with Gasteiger partial charge in [-0.3, -0.25) is 5.11 Å². The third-order valence-electron chi connectivity index (χ3n) is 1.15. The van der Waals surface area contributed by atoms with Crippen molar-refractivity contribution in [3.63, 3.8) is 0 Å². The molecule has 2 nitrogen and oxygen atoms in total. The lowest BCUT2D eigenvalue weighted by Gasteiger charge is -2.09. The Bertz CT molecular complexity index is 288. The van der Waals surface area contributed by atoms with Crippen LogP contribution in [0.2, 0.25) is 0 Å². The third kappa shape index (κ3) is 2.50. The zero-order chi connectivity index (χ0) is 10.1. The van der Waals surface area contributed by atoms with Crippen LogP contribution in [0.3, 0.4) is 0 Å². The number of hydrogen-bond donors (Lipinski definition) is 0. The number of alkyl halides is 3. The zero-order valence-electron chi connectivity index (χ0n) is 6.06. The Kier molecular flexibility index (Phi) is 2.31. The smallest absolute Gasteiger partial charge is 0.398 e. The Morgan fingerprint density at radius 3 is 2.31 bits per heavy atom. The van der Waals surface area contributed by atoms with Gasteiger partial charge in [-0.2, -0.15) is 0 Å². The van der Waals surface area contributed by atoms with Gasteiger partial charge in [-0.25, -0.2) is 4.39 Å². The number of ether oxygens (including phenoxy) is 1. The molecule has 0 aromatic heterocycles. The summed E-state index contributed by atoms with van der Waals surface area (Å²) in [7, 11) is 0. The molecule has 1 radical (unpaired) electrons. The van der Waals surface area contributed by atoms with Crippen LogP contribution < -0.4 is 4.74 Å². The predicted molar refractivity (Wildman–Crippen MR) is 33.2 cm³/mol. The molecule has 13 heavy (non-hydrogen) atoms. The highest BCUT2D eigenvalue weighted by Crippen LogP contribution is 2.33. The Morgan fingerprint density at radius 2 is 1.85 bits per heavy atom. The minimum atomic E-state index is -5.05. The molecular weight excluding hydrogens is 192 g/mol. The van der Waals surface area contributed by atoms with Gasteiger partial charge in [-0.1, -0.05) is 6.07 Å². The molecule has 0 N–H and O–H groups in total. The molecule has 1 aromatic carbocycles. The van der Waals surface area contributed by atoms with Crippen molar-refractivity contribution in [2.75, 3.05) is 0 Å². The summed E-state index contributed by atoms with van der Waals surface area (Å²) in [6.45, 7) is 0. The minimum absolute atomic E-state index is 0.711. The fraction of sp³-hybridized carbons (Fsp3) is 0.143. The first-order valence-corrected chi connectivity index (χ1v) is 3.11. The van der Waals surface area contributed by atoms with Gasteiger partial charge in [-0.15, -0.1) is 13.2 Å². The van der Waals surface area contributed by atoms with Gasteiger partial charge >= 0.3 is 6.36 Å². The second-order valence-corrected chi connectivity index (χ2v) is 2.11. The van der Waals surface area contributed by atoms with E-state index in [1.54, 1.807) is 0 Å². The molecule has 0 spiro atoms. The quantitative estimate of drug-likeness (QED) is 0.633. The van der Waals surface area contributed by atoms with Gasteiger partial charge in [0.15, 0.2) is 5.82 Å². The zero-order valence-corrected chi connectivity index (χ0v) is 6.06. The van der Waals surface area contributed by atoms with Crippen LogP contribution >= 0.6 is 0 Å². The van der Waals surface area contributed by atoms with Crippen LogP contribution in [0.4, 0.5) is 17.6 Å². The van der Waals surface area contributed by atoms with Crippen molar-refractivity contribution < 1.29 is 27.4 Å². The van der Waals surface area contributed by atoms with Crippen molar-refractivity contribution in [1.82, 2.24) is 0 Å². The lowest BCUT2D eigenvalue weighted by Crippen LogP contribution is -2.17. The van der Waals surface area contributed by atoms with Gasteiger partial charge in [0.05, 0.1) is 0 Å². The van der Waals surface area contributed by atoms with E-state index < -0.39 is 23.7 Å². The molecule has 0 atom stereocenters. The molecule has 0 unspecified atom stereocenters. The highest BCUT2D eigenvalue weighted by molar-refractivity contribution is 5.39. The molecule has 0 aliphatic rings. The fourth-order valence-electron chi connectivity index (χ4n) is 0.704. The lowest BCUT2D eigenvalue weighted by atomic mass is 10.3. The van der Waals surface area contributed by atoms with Crippen molar-refractivity contribution in [3.05, 3.63) is 24.0 Å². The first-order chi connectivity index (χ1) is 5.90. The standard InChI is InChI=1S/C7H3F4O2/c8-4-2-1-3-5(12)6(4)13-7(9,10)11/h1-3H. The van der Waals surface area contributed by atoms with Crippen LogP contribution in [0, 0.1) is 5.82 Å². The van der Waals surface area contributed by atoms with Gasteiger partial charge in [0, 0.05) is 0 Å². The highest BCUT2D eigenvalue weighted by atomic mass is 19.4. The molecule has 0 aliphatic carbocycles. The molecule has 0 saturated heterocycles. The molecule has 0 bridgehead atoms. The summed E-state index contributed by atoms with van der Waals surface area (Å²) in [4.78, 5) is 0. The number of benzene rings is 1.